The summed E-state index contributed by atoms with van der Waals surface area (Å²) in [6.07, 6.45) is 10.2. The summed E-state index contributed by atoms with van der Waals surface area (Å²) in [6, 6.07) is 0. The van der Waals surface area contributed by atoms with Gasteiger partial charge in [-0.25, -0.2) is 0 Å². The maximum atomic E-state index is 13.4. The van der Waals surface area contributed by atoms with E-state index in [-0.39, 0.29) is 39.8 Å². The lowest BCUT2D eigenvalue weighted by molar-refractivity contribution is -0.203. The summed E-state index contributed by atoms with van der Waals surface area (Å²) in [5, 5.41) is 0. The smallest absolute Gasteiger partial charge is 0.312 e. The number of carbonyl (C=O) groups is 3. The van der Waals surface area contributed by atoms with Crippen LogP contribution in [0.25, 0.3) is 0 Å². The van der Waals surface area contributed by atoms with E-state index in [4.69, 9.17) is 9.47 Å². The molecule has 0 saturated heterocycles. The molecule has 0 bridgehead atoms. The van der Waals surface area contributed by atoms with E-state index in [0.717, 1.165) is 51.2 Å². The minimum Gasteiger partial charge on any atom is -0.469 e. The van der Waals surface area contributed by atoms with Gasteiger partial charge < -0.3 is 14.3 Å². The highest BCUT2D eigenvalue weighted by atomic mass is 16.5. The molecule has 0 heterocycles. The Balaban J connectivity index is 1.63. The molecule has 5 aliphatic rings. The van der Waals surface area contributed by atoms with Crippen molar-refractivity contribution >= 4 is 18.0 Å². The number of methoxy groups -OCH3 is 2. The molecule has 0 N–H and O–H groups in total. The standard InChI is InChI=1S/C32H48O5/c1-19-11-14-32(27(35)37-8)16-15-30(5)21(25(32)20(19)2)9-10-24-28(3)17-22(36-7)26(34)29(4,18-33)23(28)12-13-31(24,30)6/h9,18-20,22-25H,10-17H2,1-8H3/t19-,20+,22-,23-,24-,25+,28+,29+,30-,31-,32+/m1/s1. The van der Waals surface area contributed by atoms with Crippen LogP contribution in [0.5, 0.6) is 0 Å². The lowest BCUT2D eigenvalue weighted by atomic mass is 9.33. The number of hydrogen-bond donors (Lipinski definition) is 0. The third kappa shape index (κ3) is 3.16. The quantitative estimate of drug-likeness (QED) is 0.195. The Hall–Kier alpha value is -1.49. The summed E-state index contributed by atoms with van der Waals surface area (Å²) < 4.78 is 11.2. The van der Waals surface area contributed by atoms with Gasteiger partial charge in [-0.2, -0.15) is 0 Å². The summed E-state index contributed by atoms with van der Waals surface area (Å²) in [4.78, 5) is 39.3. The molecule has 37 heavy (non-hydrogen) atoms. The average Bonchev–Trinajstić information content (AvgIpc) is 2.88. The van der Waals surface area contributed by atoms with Crippen LogP contribution in [0.15, 0.2) is 11.6 Å². The normalized spacial score (nSPS) is 53.1. The number of rotatable bonds is 3. The molecule has 4 fully saturated rings. The first-order valence-corrected chi connectivity index (χ1v) is 14.6. The zero-order valence-corrected chi connectivity index (χ0v) is 24.3. The Kier molecular flexibility index (Phi) is 6.23. The number of ketones is 1. The fourth-order valence-electron chi connectivity index (χ4n) is 11.0. The second-order valence-electron chi connectivity index (χ2n) is 14.5. The van der Waals surface area contributed by atoms with Crippen LogP contribution in [-0.2, 0) is 23.9 Å². The molecule has 0 aromatic rings. The Morgan fingerprint density at radius 1 is 1.00 bits per heavy atom. The molecule has 11 atom stereocenters. The zero-order chi connectivity index (χ0) is 27.2. The first-order chi connectivity index (χ1) is 17.3. The van der Waals surface area contributed by atoms with E-state index in [1.807, 2.05) is 6.92 Å². The molecule has 5 aliphatic carbocycles. The van der Waals surface area contributed by atoms with Gasteiger partial charge in [0.2, 0.25) is 0 Å². The van der Waals surface area contributed by atoms with Crippen molar-refractivity contribution in [3.63, 3.8) is 0 Å². The van der Waals surface area contributed by atoms with Gasteiger partial charge in [0.15, 0.2) is 5.78 Å². The van der Waals surface area contributed by atoms with E-state index < -0.39 is 16.9 Å². The van der Waals surface area contributed by atoms with Crippen molar-refractivity contribution < 1.29 is 23.9 Å². The van der Waals surface area contributed by atoms with Gasteiger partial charge in [0.25, 0.3) is 0 Å². The van der Waals surface area contributed by atoms with Crippen LogP contribution in [0.3, 0.4) is 0 Å². The molecule has 0 aliphatic heterocycles. The van der Waals surface area contributed by atoms with Gasteiger partial charge >= 0.3 is 5.97 Å². The van der Waals surface area contributed by atoms with Crippen molar-refractivity contribution in [1.82, 2.24) is 0 Å². The van der Waals surface area contributed by atoms with Crippen LogP contribution >= 0.6 is 0 Å². The van der Waals surface area contributed by atoms with E-state index in [2.05, 4.69) is 40.7 Å². The maximum absolute atomic E-state index is 13.4. The first kappa shape index (κ1) is 27.1. The van der Waals surface area contributed by atoms with E-state index >= 15 is 0 Å². The zero-order valence-electron chi connectivity index (χ0n) is 24.3. The van der Waals surface area contributed by atoms with Gasteiger partial charge in [0, 0.05) is 7.11 Å². The highest BCUT2D eigenvalue weighted by molar-refractivity contribution is 6.01. The highest BCUT2D eigenvalue weighted by Gasteiger charge is 2.71. The van der Waals surface area contributed by atoms with Crippen LogP contribution in [0.4, 0.5) is 0 Å². The Labute approximate surface area is 223 Å². The summed E-state index contributed by atoms with van der Waals surface area (Å²) in [7, 11) is 3.17. The summed E-state index contributed by atoms with van der Waals surface area (Å²) in [5.41, 5.74) is -0.0979. The molecular formula is C32H48O5. The highest BCUT2D eigenvalue weighted by Crippen LogP contribution is 2.75. The monoisotopic (exact) mass is 512 g/mol. The molecule has 4 saturated carbocycles. The second kappa shape index (κ2) is 8.50. The van der Waals surface area contributed by atoms with E-state index in [1.54, 1.807) is 14.2 Å². The number of Topliss-reactive ketones (excluding diaryl/α,β-unsaturated/α-hetero) is 1. The molecule has 0 aromatic heterocycles. The van der Waals surface area contributed by atoms with Crippen LogP contribution in [-0.4, -0.2) is 38.4 Å². The summed E-state index contributed by atoms with van der Waals surface area (Å²) >= 11 is 0. The minimum absolute atomic E-state index is 0.0161. The van der Waals surface area contributed by atoms with Crippen LogP contribution < -0.4 is 0 Å². The fourth-order valence-corrected chi connectivity index (χ4v) is 11.0. The van der Waals surface area contributed by atoms with Crippen LogP contribution in [0, 0.1) is 56.7 Å². The first-order valence-electron chi connectivity index (χ1n) is 14.6. The molecule has 5 heteroatoms. The minimum atomic E-state index is -1.00. The van der Waals surface area contributed by atoms with Gasteiger partial charge in [-0.1, -0.05) is 46.3 Å². The number of allylic oxidation sites excluding steroid dienone is 2. The van der Waals surface area contributed by atoms with Gasteiger partial charge in [0.1, 0.15) is 12.4 Å². The lowest BCUT2D eigenvalue weighted by Gasteiger charge is -2.70. The Morgan fingerprint density at radius 3 is 2.32 bits per heavy atom. The lowest BCUT2D eigenvalue weighted by Crippen LogP contribution is -2.67. The predicted octanol–water partition coefficient (Wildman–Crippen LogP) is 6.19. The van der Waals surface area contributed by atoms with Gasteiger partial charge in [-0.15, -0.1) is 0 Å². The Morgan fingerprint density at radius 2 is 1.70 bits per heavy atom. The SMILES string of the molecule is COC(=O)[C@]12CC[C@@H](C)[C@H](C)[C@H]1C1=CC[C@@H]3[C@@]4(C)C[C@@H](OC)C(=O)[C@@](C)(C=O)[C@@H]4CC[C@@]3(C)[C@]1(C)CC2. The van der Waals surface area contributed by atoms with Crippen molar-refractivity contribution in [3.05, 3.63) is 11.6 Å². The van der Waals surface area contributed by atoms with Crippen LogP contribution in [0.2, 0.25) is 0 Å². The molecule has 0 spiro atoms. The van der Waals surface area contributed by atoms with E-state index in [9.17, 15) is 14.4 Å². The van der Waals surface area contributed by atoms with Crippen molar-refractivity contribution in [3.8, 4) is 0 Å². The summed E-state index contributed by atoms with van der Waals surface area (Å²) in [6.45, 7) is 13.9. The van der Waals surface area contributed by atoms with Gasteiger partial charge in [0.05, 0.1) is 17.9 Å². The number of ether oxygens (including phenoxy) is 2. The topological polar surface area (TPSA) is 69.7 Å². The van der Waals surface area contributed by atoms with Crippen molar-refractivity contribution in [2.24, 2.45) is 56.7 Å². The van der Waals surface area contributed by atoms with E-state index in [0.29, 0.717) is 24.2 Å². The third-order valence-corrected chi connectivity index (χ3v) is 13.5. The molecular weight excluding hydrogens is 464 g/mol. The fraction of sp³-hybridized carbons (Fsp3) is 0.844. The van der Waals surface area contributed by atoms with Crippen molar-refractivity contribution in [2.45, 2.75) is 99.0 Å². The van der Waals surface area contributed by atoms with Gasteiger partial charge in [-0.05, 0) is 104 Å². The van der Waals surface area contributed by atoms with Crippen LogP contribution in [0.1, 0.15) is 92.9 Å². The molecule has 0 unspecified atom stereocenters. The number of hydrogen-bond acceptors (Lipinski definition) is 5. The van der Waals surface area contributed by atoms with Crippen molar-refractivity contribution in [1.29, 1.82) is 0 Å². The molecule has 5 nitrogen and oxygen atoms in total. The predicted molar refractivity (Wildman–Crippen MR) is 143 cm³/mol. The molecule has 5 rings (SSSR count). The Bertz CT molecular complexity index is 1030. The van der Waals surface area contributed by atoms with E-state index in [1.165, 1.54) is 5.57 Å². The number of carbonyl (C=O) groups excluding carboxylic acids is 3. The second-order valence-corrected chi connectivity index (χ2v) is 14.5. The molecule has 0 aromatic carbocycles. The third-order valence-electron chi connectivity index (χ3n) is 13.5. The maximum Gasteiger partial charge on any atom is 0.312 e. The molecule has 0 radical (unpaired) electrons. The largest absolute Gasteiger partial charge is 0.469 e. The number of aldehydes is 1. The molecule has 0 amide bonds. The van der Waals surface area contributed by atoms with Crippen molar-refractivity contribution in [2.75, 3.05) is 14.2 Å². The number of fused-ring (bicyclic) bond motifs is 7. The summed E-state index contributed by atoms with van der Waals surface area (Å²) in [5.74, 6) is 1.53. The number of esters is 1. The van der Waals surface area contributed by atoms with Gasteiger partial charge in [-0.3, -0.25) is 9.59 Å². The average molecular weight is 513 g/mol. The molecule has 206 valence electrons.